The summed E-state index contributed by atoms with van der Waals surface area (Å²) in [6.45, 7) is 4.03. The number of halogens is 3. The molecule has 0 aliphatic carbocycles. The lowest BCUT2D eigenvalue weighted by molar-refractivity contribution is -0.274. The second-order valence-corrected chi connectivity index (χ2v) is 10.8. The van der Waals surface area contributed by atoms with Crippen LogP contribution >= 0.6 is 11.8 Å². The number of rotatable bonds is 7. The normalized spacial score (nSPS) is 14.6. The molecular formula is C31H24F3N7O3S. The number of carbonyl (C=O) groups is 2. The van der Waals surface area contributed by atoms with E-state index in [4.69, 9.17) is 0 Å². The summed E-state index contributed by atoms with van der Waals surface area (Å²) >= 11 is 1.16. The number of nitriles is 1. The van der Waals surface area contributed by atoms with E-state index in [1.54, 1.807) is 24.3 Å². The maximum absolute atomic E-state index is 12.7. The highest BCUT2D eigenvalue weighted by Gasteiger charge is 2.32. The molecule has 0 bridgehead atoms. The third-order valence-electron chi connectivity index (χ3n) is 6.50. The number of alkyl halides is 3. The Hall–Kier alpha value is -5.42. The number of allylic oxidation sites excluding steroid dienone is 1. The van der Waals surface area contributed by atoms with Crippen molar-refractivity contribution >= 4 is 40.1 Å². The van der Waals surface area contributed by atoms with Gasteiger partial charge in [-0.1, -0.05) is 68.1 Å². The highest BCUT2D eigenvalue weighted by molar-refractivity contribution is 8.15. The zero-order valence-electron chi connectivity index (χ0n) is 23.8. The average molecular weight is 632 g/mol. The molecule has 0 saturated carbocycles. The quantitative estimate of drug-likeness (QED) is 0.226. The largest absolute Gasteiger partial charge is 0.573 e. The molecule has 3 aromatic carbocycles. The fourth-order valence-electron chi connectivity index (χ4n) is 4.41. The number of nitrogens with zero attached hydrogens (tertiary/aromatic N) is 6. The molecule has 5 rings (SSSR count). The number of aromatic nitrogens is 3. The molecule has 1 N–H and O–H groups in total. The summed E-state index contributed by atoms with van der Waals surface area (Å²) in [5.41, 5.74) is 3.38. The number of para-hydroxylation sites is 1. The Balaban J connectivity index is 1.27. The van der Waals surface area contributed by atoms with Gasteiger partial charge in [-0.3, -0.25) is 9.69 Å². The molecule has 3 amide bonds. The van der Waals surface area contributed by atoms with Gasteiger partial charge in [-0.2, -0.15) is 10.3 Å². The summed E-state index contributed by atoms with van der Waals surface area (Å²) in [7, 11) is 0. The molecule has 1 aromatic heterocycles. The molecule has 0 radical (unpaired) electrons. The van der Waals surface area contributed by atoms with E-state index in [0.29, 0.717) is 28.3 Å². The molecule has 4 aromatic rings. The van der Waals surface area contributed by atoms with Crippen molar-refractivity contribution in [2.24, 2.45) is 4.99 Å². The van der Waals surface area contributed by atoms with Crippen molar-refractivity contribution in [3.05, 3.63) is 96.5 Å². The number of amides is 3. The topological polar surface area (TPSA) is 126 Å². The second kappa shape index (κ2) is 13.1. The van der Waals surface area contributed by atoms with Gasteiger partial charge >= 0.3 is 12.4 Å². The molecular weight excluding hydrogens is 607 g/mol. The van der Waals surface area contributed by atoms with Crippen LogP contribution in [0.3, 0.4) is 0 Å². The van der Waals surface area contributed by atoms with E-state index in [2.05, 4.69) is 25.1 Å². The van der Waals surface area contributed by atoms with Crippen LogP contribution in [-0.2, 0) is 4.79 Å². The van der Waals surface area contributed by atoms with E-state index in [1.807, 2.05) is 44.2 Å². The first-order valence-electron chi connectivity index (χ1n) is 13.4. The zero-order chi connectivity index (χ0) is 32.1. The number of amidine groups is 1. The highest BCUT2D eigenvalue weighted by atomic mass is 32.2. The van der Waals surface area contributed by atoms with Gasteiger partial charge in [0.1, 0.15) is 18.1 Å². The first kappa shape index (κ1) is 31.0. The number of carbonyl (C=O) groups excluding carboxylic acids is 2. The van der Waals surface area contributed by atoms with Gasteiger partial charge in [0.15, 0.2) is 11.0 Å². The zero-order valence-corrected chi connectivity index (χ0v) is 24.6. The lowest BCUT2D eigenvalue weighted by Crippen LogP contribution is -2.31. The summed E-state index contributed by atoms with van der Waals surface area (Å²) in [5, 5.41) is 16.8. The first-order valence-corrected chi connectivity index (χ1v) is 14.4. The van der Waals surface area contributed by atoms with Crippen LogP contribution in [0.15, 0.2) is 90.3 Å². The third-order valence-corrected chi connectivity index (χ3v) is 7.43. The Bertz CT molecular complexity index is 1830. The van der Waals surface area contributed by atoms with Gasteiger partial charge in [0.25, 0.3) is 0 Å². The van der Waals surface area contributed by atoms with Crippen LogP contribution in [0.5, 0.6) is 5.75 Å². The summed E-state index contributed by atoms with van der Waals surface area (Å²) in [6, 6.07) is 20.6. The highest BCUT2D eigenvalue weighted by Crippen LogP contribution is 2.33. The average Bonchev–Trinajstić information content (AvgIpc) is 3.64. The van der Waals surface area contributed by atoms with E-state index < -0.39 is 12.4 Å². The van der Waals surface area contributed by atoms with Gasteiger partial charge in [0.2, 0.25) is 5.91 Å². The minimum absolute atomic E-state index is 0.149. The molecule has 228 valence electrons. The molecule has 1 aliphatic rings. The number of aliphatic imine (C=N–C) groups is 1. The van der Waals surface area contributed by atoms with Crippen LogP contribution in [0.2, 0.25) is 0 Å². The minimum Gasteiger partial charge on any atom is -0.406 e. The van der Waals surface area contributed by atoms with Crippen LogP contribution in [0, 0.1) is 11.3 Å². The summed E-state index contributed by atoms with van der Waals surface area (Å²) in [6.07, 6.45) is -2.12. The number of benzene rings is 3. The minimum atomic E-state index is -4.78. The van der Waals surface area contributed by atoms with Crippen molar-refractivity contribution < 1.29 is 27.5 Å². The Morgan fingerprint density at radius 2 is 1.82 bits per heavy atom. The van der Waals surface area contributed by atoms with Crippen molar-refractivity contribution in [1.29, 1.82) is 5.26 Å². The summed E-state index contributed by atoms with van der Waals surface area (Å²) in [5.74, 6) is 0.113. The van der Waals surface area contributed by atoms with Crippen molar-refractivity contribution in [2.75, 3.05) is 10.7 Å². The fourth-order valence-corrected chi connectivity index (χ4v) is 5.27. The van der Waals surface area contributed by atoms with Crippen molar-refractivity contribution in [3.63, 3.8) is 0 Å². The molecule has 1 saturated heterocycles. The molecule has 0 spiro atoms. The first-order chi connectivity index (χ1) is 21.5. The monoisotopic (exact) mass is 631 g/mol. The third kappa shape index (κ3) is 7.39. The Morgan fingerprint density at radius 3 is 2.49 bits per heavy atom. The smallest absolute Gasteiger partial charge is 0.406 e. The summed E-state index contributed by atoms with van der Waals surface area (Å²) in [4.78, 5) is 35.2. The Labute approximate surface area is 259 Å². The van der Waals surface area contributed by atoms with Gasteiger partial charge in [0, 0.05) is 11.8 Å². The number of hydrogen-bond donors (Lipinski definition) is 1. The molecule has 0 atom stereocenters. The number of urea groups is 1. The molecule has 2 heterocycles. The molecule has 1 fully saturated rings. The maximum atomic E-state index is 12.7. The molecule has 1 aliphatic heterocycles. The van der Waals surface area contributed by atoms with Crippen LogP contribution in [-0.4, -0.2) is 44.0 Å². The Morgan fingerprint density at radius 1 is 1.11 bits per heavy atom. The molecule has 45 heavy (non-hydrogen) atoms. The fraction of sp³-hybridized carbons (Fsp3) is 0.161. The van der Waals surface area contributed by atoms with Crippen LogP contribution in [0.1, 0.15) is 30.9 Å². The predicted molar refractivity (Wildman–Crippen MR) is 164 cm³/mol. The molecule has 0 unspecified atom stereocenters. The van der Waals surface area contributed by atoms with Gasteiger partial charge in [0.05, 0.1) is 22.7 Å². The Kier molecular flexibility index (Phi) is 9.01. The number of anilines is 1. The van der Waals surface area contributed by atoms with E-state index in [1.165, 1.54) is 46.4 Å². The van der Waals surface area contributed by atoms with E-state index in [9.17, 15) is 28.0 Å². The van der Waals surface area contributed by atoms with E-state index in [0.717, 1.165) is 17.3 Å². The second-order valence-electron chi connectivity index (χ2n) is 9.88. The number of thioether (sulfide) groups is 1. The van der Waals surface area contributed by atoms with Crippen LogP contribution in [0.25, 0.3) is 22.6 Å². The van der Waals surface area contributed by atoms with Crippen LogP contribution in [0.4, 0.5) is 23.7 Å². The van der Waals surface area contributed by atoms with Crippen LogP contribution < -0.4 is 15.0 Å². The SMILES string of the molecule is CC(C)c1ccccc1N1C(=O)CS/C1=N\C(=O)N/C=C(\C#N)c1ccc(-c2ncn(-c3ccc(OC(F)(F)F)cc3)n2)cc1. The van der Waals surface area contributed by atoms with Gasteiger partial charge in [-0.25, -0.2) is 14.5 Å². The number of hydrogen-bond acceptors (Lipinski definition) is 7. The van der Waals surface area contributed by atoms with Gasteiger partial charge in [-0.15, -0.1) is 18.3 Å². The standard InChI is InChI=1S/C31H24F3N7O3S/c1-19(2)25-5-3-4-6-26(25)41-27(42)17-45-30(41)38-29(43)36-16-22(15-35)20-7-9-21(10-8-20)28-37-18-40(39-28)23-11-13-24(14-12-23)44-31(32,33)34/h3-14,16,18-19H,17H2,1-2H3,(H,36,43)/b22-16+,38-30-. The van der Waals surface area contributed by atoms with Gasteiger partial charge in [-0.05, 0) is 47.4 Å². The molecule has 14 heteroatoms. The number of ether oxygens (including phenoxy) is 1. The summed E-state index contributed by atoms with van der Waals surface area (Å²) < 4.78 is 42.5. The van der Waals surface area contributed by atoms with Gasteiger partial charge < -0.3 is 10.1 Å². The van der Waals surface area contributed by atoms with Crippen molar-refractivity contribution in [1.82, 2.24) is 20.1 Å². The molecule has 10 nitrogen and oxygen atoms in total. The van der Waals surface area contributed by atoms with E-state index >= 15 is 0 Å². The maximum Gasteiger partial charge on any atom is 0.573 e. The van der Waals surface area contributed by atoms with Crippen molar-refractivity contribution in [2.45, 2.75) is 26.1 Å². The van der Waals surface area contributed by atoms with Crippen molar-refractivity contribution in [3.8, 4) is 28.9 Å². The lowest BCUT2D eigenvalue weighted by atomic mass is 10.0. The number of nitrogens with one attached hydrogen (secondary N) is 1. The predicted octanol–water partition coefficient (Wildman–Crippen LogP) is 6.67. The lowest BCUT2D eigenvalue weighted by Gasteiger charge is -2.21. The van der Waals surface area contributed by atoms with E-state index in [-0.39, 0.29) is 34.1 Å².